The van der Waals surface area contributed by atoms with E-state index in [9.17, 15) is 4.79 Å². The predicted octanol–water partition coefficient (Wildman–Crippen LogP) is 3.47. The van der Waals surface area contributed by atoms with E-state index in [2.05, 4.69) is 4.98 Å². The van der Waals surface area contributed by atoms with Gasteiger partial charge in [-0.3, -0.25) is 4.79 Å². The maximum Gasteiger partial charge on any atom is 0.299 e. The van der Waals surface area contributed by atoms with Crippen LogP contribution in [0.2, 0.25) is 0 Å². The summed E-state index contributed by atoms with van der Waals surface area (Å²) in [4.78, 5) is 16.0. The van der Waals surface area contributed by atoms with Gasteiger partial charge in [0.2, 0.25) is 5.88 Å². The van der Waals surface area contributed by atoms with E-state index < -0.39 is 0 Å². The van der Waals surface area contributed by atoms with Crippen LogP contribution in [0.5, 0.6) is 5.88 Å². The third kappa shape index (κ3) is 2.77. The average Bonchev–Trinajstić information content (AvgIpc) is 3.00. The molecule has 0 unspecified atom stereocenters. The van der Waals surface area contributed by atoms with Crippen molar-refractivity contribution in [1.82, 2.24) is 4.98 Å². The van der Waals surface area contributed by atoms with E-state index in [1.165, 1.54) is 11.3 Å². The summed E-state index contributed by atoms with van der Waals surface area (Å²) in [5.41, 5.74) is 8.72. The lowest BCUT2D eigenvalue weighted by Crippen LogP contribution is -1.99. The van der Waals surface area contributed by atoms with E-state index in [-0.39, 0.29) is 0 Å². The highest BCUT2D eigenvalue weighted by Crippen LogP contribution is 2.40. The van der Waals surface area contributed by atoms with Gasteiger partial charge < -0.3 is 10.5 Å². The van der Waals surface area contributed by atoms with Crippen molar-refractivity contribution in [3.8, 4) is 26.9 Å². The van der Waals surface area contributed by atoms with Crippen molar-refractivity contribution in [3.05, 3.63) is 60.2 Å². The van der Waals surface area contributed by atoms with E-state index in [1.54, 1.807) is 0 Å². The maximum atomic E-state index is 10.8. The maximum absolute atomic E-state index is 10.8. The first kappa shape index (κ1) is 14.4. The van der Waals surface area contributed by atoms with Gasteiger partial charge in [-0.25, -0.2) is 4.98 Å². The van der Waals surface area contributed by atoms with Gasteiger partial charge in [-0.05, 0) is 5.56 Å². The zero-order chi connectivity index (χ0) is 15.4. The van der Waals surface area contributed by atoms with Crippen LogP contribution in [0.4, 0.5) is 0 Å². The molecule has 5 heteroatoms. The minimum atomic E-state index is 0.319. The quantitative estimate of drug-likeness (QED) is 0.733. The molecule has 1 heterocycles. The highest BCUT2D eigenvalue weighted by atomic mass is 32.1. The third-order valence-corrected chi connectivity index (χ3v) is 4.38. The number of nitrogens with two attached hydrogens (primary N) is 1. The summed E-state index contributed by atoms with van der Waals surface area (Å²) in [5, 5.41) is 0.805. The smallest absolute Gasteiger partial charge is 0.299 e. The standard InChI is InChI=1S/C17H14N2O2S/c18-10-13-8-4-5-9-14(13)15-16(21-11-20)19-17(22-15)12-6-2-1-3-7-12/h1-9,11H,10,18H2. The Morgan fingerprint density at radius 3 is 2.55 bits per heavy atom. The number of carbonyl (C=O) groups is 1. The van der Waals surface area contributed by atoms with Gasteiger partial charge in [0.05, 0.1) is 4.88 Å². The summed E-state index contributed by atoms with van der Waals surface area (Å²) in [5.74, 6) is 0.319. The summed E-state index contributed by atoms with van der Waals surface area (Å²) in [6, 6.07) is 17.6. The normalized spacial score (nSPS) is 10.4. The molecule has 1 aromatic heterocycles. The molecular weight excluding hydrogens is 296 g/mol. The number of rotatable bonds is 5. The molecule has 2 aromatic carbocycles. The molecule has 0 aliphatic heterocycles. The first-order chi connectivity index (χ1) is 10.8. The molecule has 0 amide bonds. The number of ether oxygens (including phenoxy) is 1. The molecule has 110 valence electrons. The Morgan fingerprint density at radius 2 is 1.82 bits per heavy atom. The number of thiazole rings is 1. The summed E-state index contributed by atoms with van der Waals surface area (Å²) < 4.78 is 5.07. The fourth-order valence-electron chi connectivity index (χ4n) is 2.23. The van der Waals surface area contributed by atoms with Crippen molar-refractivity contribution in [1.29, 1.82) is 0 Å². The number of benzene rings is 2. The number of nitrogens with zero attached hydrogens (tertiary/aromatic N) is 1. The van der Waals surface area contributed by atoms with Crippen LogP contribution in [-0.2, 0) is 11.3 Å². The molecule has 3 aromatic rings. The monoisotopic (exact) mass is 310 g/mol. The Hall–Kier alpha value is -2.50. The average molecular weight is 310 g/mol. The highest BCUT2D eigenvalue weighted by molar-refractivity contribution is 7.18. The van der Waals surface area contributed by atoms with Crippen molar-refractivity contribution in [2.45, 2.75) is 6.54 Å². The molecule has 0 aliphatic rings. The summed E-state index contributed by atoms with van der Waals surface area (Å²) in [6.07, 6.45) is 0. The van der Waals surface area contributed by atoms with E-state index in [0.717, 1.165) is 26.6 Å². The molecule has 0 atom stereocenters. The van der Waals surface area contributed by atoms with Crippen LogP contribution < -0.4 is 10.5 Å². The molecule has 0 spiro atoms. The second-order valence-electron chi connectivity index (χ2n) is 4.59. The summed E-state index contributed by atoms with van der Waals surface area (Å²) in [7, 11) is 0. The number of hydrogen-bond donors (Lipinski definition) is 1. The van der Waals surface area contributed by atoms with Crippen molar-refractivity contribution < 1.29 is 9.53 Å². The van der Waals surface area contributed by atoms with E-state index in [0.29, 0.717) is 18.9 Å². The number of carbonyl (C=O) groups excluding carboxylic acids is 1. The van der Waals surface area contributed by atoms with Gasteiger partial charge in [0.15, 0.2) is 0 Å². The van der Waals surface area contributed by atoms with Crippen LogP contribution in [0.15, 0.2) is 54.6 Å². The molecule has 2 N–H and O–H groups in total. The van der Waals surface area contributed by atoms with Gasteiger partial charge in [-0.1, -0.05) is 54.6 Å². The lowest BCUT2D eigenvalue weighted by molar-refractivity contribution is -0.120. The van der Waals surface area contributed by atoms with Gasteiger partial charge in [0.1, 0.15) is 5.01 Å². The molecule has 0 aliphatic carbocycles. The van der Waals surface area contributed by atoms with Gasteiger partial charge in [0, 0.05) is 17.7 Å². The van der Waals surface area contributed by atoms with E-state index in [4.69, 9.17) is 10.5 Å². The van der Waals surface area contributed by atoms with Gasteiger partial charge in [0.25, 0.3) is 6.47 Å². The molecule has 0 fully saturated rings. The van der Waals surface area contributed by atoms with Crippen molar-refractivity contribution in [2.75, 3.05) is 0 Å². The topological polar surface area (TPSA) is 65.2 Å². The van der Waals surface area contributed by atoms with Gasteiger partial charge in [-0.15, -0.1) is 11.3 Å². The zero-order valence-electron chi connectivity index (χ0n) is 11.7. The zero-order valence-corrected chi connectivity index (χ0v) is 12.5. The van der Waals surface area contributed by atoms with E-state index >= 15 is 0 Å². The lowest BCUT2D eigenvalue weighted by atomic mass is 10.1. The van der Waals surface area contributed by atoms with Crippen LogP contribution in [0, 0.1) is 0 Å². The molecule has 0 radical (unpaired) electrons. The molecule has 4 nitrogen and oxygen atoms in total. The SMILES string of the molecule is NCc1ccccc1-c1sc(-c2ccccc2)nc1OC=O. The third-order valence-electron chi connectivity index (χ3n) is 3.26. The number of aromatic nitrogens is 1. The molecule has 0 saturated carbocycles. The highest BCUT2D eigenvalue weighted by Gasteiger charge is 2.17. The largest absolute Gasteiger partial charge is 0.408 e. The van der Waals surface area contributed by atoms with Crippen LogP contribution >= 0.6 is 11.3 Å². The molecule has 0 saturated heterocycles. The van der Waals surface area contributed by atoms with Crippen molar-refractivity contribution in [2.24, 2.45) is 5.73 Å². The minimum Gasteiger partial charge on any atom is -0.408 e. The molecule has 22 heavy (non-hydrogen) atoms. The van der Waals surface area contributed by atoms with Crippen LogP contribution in [-0.4, -0.2) is 11.5 Å². The van der Waals surface area contributed by atoms with Gasteiger partial charge in [-0.2, -0.15) is 0 Å². The molecular formula is C17H14N2O2S. The first-order valence-electron chi connectivity index (χ1n) is 6.78. The first-order valence-corrected chi connectivity index (χ1v) is 7.60. The Balaban J connectivity index is 2.14. The molecule has 0 bridgehead atoms. The summed E-state index contributed by atoms with van der Waals surface area (Å²) in [6.45, 7) is 0.813. The van der Waals surface area contributed by atoms with Crippen molar-refractivity contribution in [3.63, 3.8) is 0 Å². The Morgan fingerprint density at radius 1 is 1.09 bits per heavy atom. The minimum absolute atomic E-state index is 0.319. The fraction of sp³-hybridized carbons (Fsp3) is 0.0588. The fourth-order valence-corrected chi connectivity index (χ4v) is 3.29. The van der Waals surface area contributed by atoms with E-state index in [1.807, 2.05) is 54.6 Å². The Kier molecular flexibility index (Phi) is 4.27. The molecule has 3 rings (SSSR count). The van der Waals surface area contributed by atoms with Crippen LogP contribution in [0.3, 0.4) is 0 Å². The summed E-state index contributed by atoms with van der Waals surface area (Å²) >= 11 is 1.48. The lowest BCUT2D eigenvalue weighted by Gasteiger charge is -2.05. The Bertz CT molecular complexity index is 784. The second kappa shape index (κ2) is 6.51. The van der Waals surface area contributed by atoms with Crippen molar-refractivity contribution >= 4 is 17.8 Å². The number of hydrogen-bond acceptors (Lipinski definition) is 5. The predicted molar refractivity (Wildman–Crippen MR) is 87.6 cm³/mol. The second-order valence-corrected chi connectivity index (χ2v) is 5.59. The Labute approximate surface area is 132 Å². The van der Waals surface area contributed by atoms with Crippen LogP contribution in [0.1, 0.15) is 5.56 Å². The van der Waals surface area contributed by atoms with Crippen LogP contribution in [0.25, 0.3) is 21.0 Å². The van der Waals surface area contributed by atoms with Gasteiger partial charge >= 0.3 is 0 Å².